The van der Waals surface area contributed by atoms with Crippen molar-refractivity contribution < 1.29 is 14.3 Å². The molecule has 0 aliphatic heterocycles. The number of fused-ring (bicyclic) bond motifs is 1. The predicted octanol–water partition coefficient (Wildman–Crippen LogP) is 5.40. The number of rotatable bonds is 6. The number of amides is 1. The Morgan fingerprint density at radius 2 is 1.82 bits per heavy atom. The van der Waals surface area contributed by atoms with Crippen LogP contribution in [-0.2, 0) is 10.2 Å². The van der Waals surface area contributed by atoms with Crippen molar-refractivity contribution in [2.75, 3.05) is 11.9 Å². The Morgan fingerprint density at radius 1 is 1.14 bits per heavy atom. The maximum absolute atomic E-state index is 12.5. The summed E-state index contributed by atoms with van der Waals surface area (Å²) in [5, 5.41) is 3.39. The fourth-order valence-corrected chi connectivity index (χ4v) is 3.61. The molecule has 3 aromatic rings. The van der Waals surface area contributed by atoms with Crippen molar-refractivity contribution in [2.45, 2.75) is 46.1 Å². The predicted molar refractivity (Wildman–Crippen MR) is 115 cm³/mol. The van der Waals surface area contributed by atoms with Gasteiger partial charge in [0.15, 0.2) is 11.2 Å². The van der Waals surface area contributed by atoms with E-state index in [4.69, 9.17) is 9.47 Å². The highest BCUT2D eigenvalue weighted by Gasteiger charge is 2.18. The average molecular weight is 399 g/mol. The molecule has 1 amide bonds. The third-order valence-corrected chi connectivity index (χ3v) is 5.24. The number of carbonyl (C=O) groups is 1. The van der Waals surface area contributed by atoms with Crippen LogP contribution in [0.5, 0.6) is 11.5 Å². The molecule has 0 radical (unpaired) electrons. The molecular formula is C22H26N2O3S. The van der Waals surface area contributed by atoms with Gasteiger partial charge in [0.05, 0.1) is 16.8 Å². The van der Waals surface area contributed by atoms with Gasteiger partial charge in [-0.25, -0.2) is 4.98 Å². The van der Waals surface area contributed by atoms with Gasteiger partial charge in [-0.15, -0.1) is 0 Å². The zero-order valence-corrected chi connectivity index (χ0v) is 17.7. The number of thiazole rings is 1. The highest BCUT2D eigenvalue weighted by atomic mass is 32.1. The first kappa shape index (κ1) is 20.1. The van der Waals surface area contributed by atoms with Gasteiger partial charge in [-0.05, 0) is 55.2 Å². The summed E-state index contributed by atoms with van der Waals surface area (Å²) in [4.78, 5) is 17.0. The van der Waals surface area contributed by atoms with Crippen molar-refractivity contribution in [2.24, 2.45) is 0 Å². The Labute approximate surface area is 169 Å². The largest absolute Gasteiger partial charge is 0.494 e. The molecule has 148 valence electrons. The first-order valence-corrected chi connectivity index (χ1v) is 10.2. The van der Waals surface area contributed by atoms with Crippen molar-refractivity contribution in [3.05, 3.63) is 48.0 Å². The first-order valence-electron chi connectivity index (χ1n) is 9.37. The molecule has 1 heterocycles. The van der Waals surface area contributed by atoms with Gasteiger partial charge in [0.25, 0.3) is 5.91 Å². The van der Waals surface area contributed by atoms with Gasteiger partial charge in [-0.1, -0.05) is 44.2 Å². The molecule has 1 N–H and O–H groups in total. The van der Waals surface area contributed by atoms with Gasteiger partial charge in [0.1, 0.15) is 11.5 Å². The van der Waals surface area contributed by atoms with Gasteiger partial charge in [0, 0.05) is 0 Å². The van der Waals surface area contributed by atoms with Crippen LogP contribution in [0.4, 0.5) is 5.13 Å². The number of carbonyl (C=O) groups excluding carboxylic acids is 1. The molecule has 0 saturated heterocycles. The van der Waals surface area contributed by atoms with Crippen LogP contribution in [0.2, 0.25) is 0 Å². The molecule has 0 fully saturated rings. The second-order valence-corrected chi connectivity index (χ2v) is 8.64. The first-order chi connectivity index (χ1) is 13.3. The molecule has 0 aliphatic carbocycles. The summed E-state index contributed by atoms with van der Waals surface area (Å²) >= 11 is 1.42. The van der Waals surface area contributed by atoms with Crippen molar-refractivity contribution in [3.8, 4) is 11.5 Å². The fourth-order valence-electron chi connectivity index (χ4n) is 2.71. The minimum Gasteiger partial charge on any atom is -0.494 e. The number of aromatic nitrogens is 1. The molecule has 0 spiro atoms. The Hall–Kier alpha value is -2.60. The van der Waals surface area contributed by atoms with E-state index in [1.807, 2.05) is 49.4 Å². The van der Waals surface area contributed by atoms with Crippen molar-refractivity contribution in [1.82, 2.24) is 4.98 Å². The lowest BCUT2D eigenvalue weighted by atomic mass is 9.87. The molecule has 0 aliphatic rings. The molecule has 1 aromatic heterocycles. The molecule has 2 aromatic carbocycles. The summed E-state index contributed by atoms with van der Waals surface area (Å²) in [5.74, 6) is 1.23. The zero-order valence-electron chi connectivity index (χ0n) is 16.9. The lowest BCUT2D eigenvalue weighted by Gasteiger charge is -2.20. The smallest absolute Gasteiger partial charge is 0.266 e. The van der Waals surface area contributed by atoms with Gasteiger partial charge < -0.3 is 9.47 Å². The monoisotopic (exact) mass is 398 g/mol. The maximum Gasteiger partial charge on any atom is 0.266 e. The van der Waals surface area contributed by atoms with Crippen molar-refractivity contribution in [3.63, 3.8) is 0 Å². The molecular weight excluding hydrogens is 372 g/mol. The van der Waals surface area contributed by atoms with Crippen LogP contribution < -0.4 is 14.8 Å². The van der Waals surface area contributed by atoms with Gasteiger partial charge >= 0.3 is 0 Å². The molecule has 0 saturated carbocycles. The quantitative estimate of drug-likeness (QED) is 0.604. The minimum atomic E-state index is -0.633. The van der Waals surface area contributed by atoms with E-state index in [0.717, 1.165) is 16.0 Å². The maximum atomic E-state index is 12.5. The van der Waals surface area contributed by atoms with Crippen LogP contribution in [0, 0.1) is 0 Å². The van der Waals surface area contributed by atoms with E-state index in [-0.39, 0.29) is 11.3 Å². The minimum absolute atomic E-state index is 0.0798. The highest BCUT2D eigenvalue weighted by Crippen LogP contribution is 2.29. The third kappa shape index (κ3) is 4.81. The van der Waals surface area contributed by atoms with Gasteiger partial charge in [0.2, 0.25) is 0 Å². The molecule has 28 heavy (non-hydrogen) atoms. The number of anilines is 1. The van der Waals surface area contributed by atoms with Crippen LogP contribution in [0.1, 0.15) is 40.2 Å². The second kappa shape index (κ2) is 8.19. The van der Waals surface area contributed by atoms with Crippen LogP contribution in [0.15, 0.2) is 42.5 Å². The normalized spacial score (nSPS) is 12.6. The van der Waals surface area contributed by atoms with Crippen molar-refractivity contribution >= 4 is 32.6 Å². The Morgan fingerprint density at radius 3 is 2.46 bits per heavy atom. The number of ether oxygens (including phenoxy) is 2. The average Bonchev–Trinajstić information content (AvgIpc) is 3.03. The van der Waals surface area contributed by atoms with Crippen molar-refractivity contribution in [1.29, 1.82) is 0 Å². The summed E-state index contributed by atoms with van der Waals surface area (Å²) < 4.78 is 12.3. The van der Waals surface area contributed by atoms with E-state index in [1.165, 1.54) is 16.9 Å². The van der Waals surface area contributed by atoms with Crippen LogP contribution in [0.25, 0.3) is 10.2 Å². The molecule has 1 atom stereocenters. The Kier molecular flexibility index (Phi) is 5.89. The van der Waals surface area contributed by atoms with E-state index < -0.39 is 6.10 Å². The zero-order chi connectivity index (χ0) is 20.3. The number of benzene rings is 2. The number of hydrogen-bond donors (Lipinski definition) is 1. The number of nitrogens with zero attached hydrogens (tertiary/aromatic N) is 1. The molecule has 3 rings (SSSR count). The fraction of sp³-hybridized carbons (Fsp3) is 0.364. The third-order valence-electron chi connectivity index (χ3n) is 4.30. The van der Waals surface area contributed by atoms with E-state index in [9.17, 15) is 4.79 Å². The standard InChI is InChI=1S/C22H26N2O3S/c1-6-26-17-11-12-18-19(13-17)28-21(23-18)24-20(25)14(2)27-16-9-7-15(8-10-16)22(3,4)5/h7-14H,6H2,1-5H3,(H,23,24,25). The van der Waals surface area contributed by atoms with E-state index in [2.05, 4.69) is 31.1 Å². The van der Waals surface area contributed by atoms with E-state index in [0.29, 0.717) is 17.5 Å². The summed E-state index contributed by atoms with van der Waals surface area (Å²) in [7, 11) is 0. The Balaban J connectivity index is 1.64. The van der Waals surface area contributed by atoms with Crippen LogP contribution in [0.3, 0.4) is 0 Å². The second-order valence-electron chi connectivity index (χ2n) is 7.61. The molecule has 1 unspecified atom stereocenters. The Bertz CT molecular complexity index is 958. The SMILES string of the molecule is CCOc1ccc2nc(NC(=O)C(C)Oc3ccc(C(C)(C)C)cc3)sc2c1. The highest BCUT2D eigenvalue weighted by molar-refractivity contribution is 7.22. The topological polar surface area (TPSA) is 60.5 Å². The van der Waals surface area contributed by atoms with Crippen LogP contribution >= 0.6 is 11.3 Å². The van der Waals surface area contributed by atoms with E-state index >= 15 is 0 Å². The van der Waals surface area contributed by atoms with Crippen LogP contribution in [-0.4, -0.2) is 23.6 Å². The summed E-state index contributed by atoms with van der Waals surface area (Å²) in [5.41, 5.74) is 2.13. The molecule has 5 nitrogen and oxygen atoms in total. The van der Waals surface area contributed by atoms with E-state index in [1.54, 1.807) is 6.92 Å². The number of hydrogen-bond acceptors (Lipinski definition) is 5. The lowest BCUT2D eigenvalue weighted by molar-refractivity contribution is -0.122. The molecule has 0 bridgehead atoms. The van der Waals surface area contributed by atoms with Gasteiger partial charge in [-0.3, -0.25) is 10.1 Å². The lowest BCUT2D eigenvalue weighted by Crippen LogP contribution is -2.30. The summed E-state index contributed by atoms with van der Waals surface area (Å²) in [6.45, 7) is 10.8. The number of nitrogens with one attached hydrogen (secondary N) is 1. The van der Waals surface area contributed by atoms with Gasteiger partial charge in [-0.2, -0.15) is 0 Å². The summed E-state index contributed by atoms with van der Waals surface area (Å²) in [6.07, 6.45) is -0.633. The molecule has 6 heteroatoms. The summed E-state index contributed by atoms with van der Waals surface area (Å²) in [6, 6.07) is 13.6.